The third-order valence-electron chi connectivity index (χ3n) is 4.65. The van der Waals surface area contributed by atoms with Crippen LogP contribution < -0.4 is 4.74 Å². The minimum absolute atomic E-state index is 0.107. The van der Waals surface area contributed by atoms with Crippen molar-refractivity contribution in [2.45, 2.75) is 19.6 Å². The Balaban J connectivity index is 0.000000214. The monoisotopic (exact) mass is 540 g/mol. The minimum atomic E-state index is -5.77. The zero-order valence-electron chi connectivity index (χ0n) is 18.4. The second-order valence-corrected chi connectivity index (χ2v) is 10.3. The molecule has 0 saturated carbocycles. The average Bonchev–Trinajstić information content (AvgIpc) is 2.87. The summed E-state index contributed by atoms with van der Waals surface area (Å²) in [5.74, 6) is -11.9. The largest absolute Gasteiger partial charge is 0.744 e. The van der Waals surface area contributed by atoms with Gasteiger partial charge in [0.15, 0.2) is 38.0 Å². The van der Waals surface area contributed by atoms with Crippen LogP contribution >= 0.6 is 0 Å². The van der Waals surface area contributed by atoms with Gasteiger partial charge in [-0.1, -0.05) is 42.5 Å². The zero-order chi connectivity index (χ0) is 26.5. The fourth-order valence-corrected chi connectivity index (χ4v) is 5.80. The topological polar surface area (TPSA) is 66.4 Å². The number of hydrogen-bond acceptors (Lipinski definition) is 4. The molecule has 0 aliphatic heterocycles. The molecule has 0 atom stereocenters. The number of rotatable bonds is 5. The summed E-state index contributed by atoms with van der Waals surface area (Å²) in [5.41, 5.74) is 0. The molecule has 4 aromatic carbocycles. The molecule has 0 fully saturated rings. The van der Waals surface area contributed by atoms with E-state index in [1.807, 2.05) is 6.07 Å². The van der Waals surface area contributed by atoms with Crippen molar-refractivity contribution in [2.24, 2.45) is 0 Å². The molecule has 4 aromatic rings. The highest BCUT2D eigenvalue weighted by molar-refractivity contribution is 7.97. The molecule has 36 heavy (non-hydrogen) atoms. The Morgan fingerprint density at radius 3 is 1.47 bits per heavy atom. The molecule has 0 aliphatic rings. The number of benzene rings is 4. The van der Waals surface area contributed by atoms with Crippen LogP contribution in [0.15, 0.2) is 105 Å². The van der Waals surface area contributed by atoms with Gasteiger partial charge in [-0.25, -0.2) is 30.4 Å². The van der Waals surface area contributed by atoms with Crippen LogP contribution in [0.3, 0.4) is 0 Å². The third-order valence-corrected chi connectivity index (χ3v) is 7.73. The lowest BCUT2D eigenvalue weighted by atomic mass is 10.3. The van der Waals surface area contributed by atoms with E-state index in [1.165, 1.54) is 14.7 Å². The van der Waals surface area contributed by atoms with Crippen LogP contribution in [0.25, 0.3) is 0 Å². The Morgan fingerprint density at radius 1 is 0.639 bits per heavy atom. The van der Waals surface area contributed by atoms with Gasteiger partial charge in [-0.2, -0.15) is 0 Å². The Kier molecular flexibility index (Phi) is 8.72. The molecule has 4 nitrogen and oxygen atoms in total. The van der Waals surface area contributed by atoms with Gasteiger partial charge >= 0.3 is 0 Å². The van der Waals surface area contributed by atoms with Crippen molar-refractivity contribution >= 4 is 21.0 Å². The average molecular weight is 541 g/mol. The van der Waals surface area contributed by atoms with Crippen molar-refractivity contribution in [1.82, 2.24) is 0 Å². The SMILES string of the molecule is COc1cccc([S+](c2ccccc2)c2ccccc2)c1.O=S(=O)([O-])c1c(F)c(F)c(F)c(F)c1F. The molecule has 0 unspecified atom stereocenters. The molecule has 11 heteroatoms. The number of ether oxygens (including phenoxy) is 1. The molecule has 0 N–H and O–H groups in total. The molecular weight excluding hydrogens is 523 g/mol. The van der Waals surface area contributed by atoms with E-state index in [-0.39, 0.29) is 10.9 Å². The maximum Gasteiger partial charge on any atom is 0.200 e. The van der Waals surface area contributed by atoms with Gasteiger partial charge in [0.2, 0.25) is 5.82 Å². The van der Waals surface area contributed by atoms with Gasteiger partial charge in [0, 0.05) is 6.07 Å². The summed E-state index contributed by atoms with van der Waals surface area (Å²) in [5, 5.41) is 0. The van der Waals surface area contributed by atoms with Gasteiger partial charge in [-0.05, 0) is 36.4 Å². The molecule has 0 aromatic heterocycles. The Morgan fingerprint density at radius 2 is 1.06 bits per heavy atom. The van der Waals surface area contributed by atoms with Gasteiger partial charge in [-0.15, -0.1) is 0 Å². The smallest absolute Gasteiger partial charge is 0.200 e. The van der Waals surface area contributed by atoms with Gasteiger partial charge in [-0.3, -0.25) is 0 Å². The minimum Gasteiger partial charge on any atom is -0.744 e. The lowest BCUT2D eigenvalue weighted by Crippen LogP contribution is -2.12. The van der Waals surface area contributed by atoms with Crippen molar-refractivity contribution in [2.75, 3.05) is 7.11 Å². The summed E-state index contributed by atoms with van der Waals surface area (Å²) >= 11 is 0. The van der Waals surface area contributed by atoms with E-state index in [0.717, 1.165) is 5.75 Å². The maximum absolute atomic E-state index is 12.6. The standard InChI is InChI=1S/C19H17OS.C6HF5O3S/c1-20-16-9-8-14-19(15-16)21(17-10-4-2-5-11-17)18-12-6-3-7-13-18;7-1-2(8)4(10)6(15(12,13)14)5(11)3(1)9/h2-15H,1H3;(H,12,13,14)/q+1;/p-1. The Hall–Kier alpha value is -3.41. The predicted octanol–water partition coefficient (Wildman–Crippen LogP) is 6.08. The lowest BCUT2D eigenvalue weighted by molar-refractivity contribution is 0.350. The molecule has 0 radical (unpaired) electrons. The molecule has 0 spiro atoms. The summed E-state index contributed by atoms with van der Waals surface area (Å²) in [6.45, 7) is 0. The van der Waals surface area contributed by atoms with E-state index in [9.17, 15) is 34.9 Å². The Bertz CT molecular complexity index is 1380. The van der Waals surface area contributed by atoms with E-state index in [2.05, 4.69) is 78.9 Å². The predicted molar refractivity (Wildman–Crippen MR) is 122 cm³/mol. The molecule has 4 rings (SSSR count). The first-order valence-corrected chi connectivity index (χ1v) is 12.6. The van der Waals surface area contributed by atoms with E-state index >= 15 is 0 Å². The fraction of sp³-hybridized carbons (Fsp3) is 0.0400. The van der Waals surface area contributed by atoms with Crippen molar-refractivity contribution in [1.29, 1.82) is 0 Å². The van der Waals surface area contributed by atoms with Crippen molar-refractivity contribution in [3.05, 3.63) is 114 Å². The van der Waals surface area contributed by atoms with Gasteiger partial charge < -0.3 is 9.29 Å². The third kappa shape index (κ3) is 6.04. The van der Waals surface area contributed by atoms with Crippen molar-refractivity contribution in [3.63, 3.8) is 0 Å². The summed E-state index contributed by atoms with van der Waals surface area (Å²) < 4.78 is 98.3. The molecule has 0 amide bonds. The molecule has 0 aliphatic carbocycles. The lowest BCUT2D eigenvalue weighted by Gasteiger charge is -2.10. The first-order chi connectivity index (χ1) is 17.1. The van der Waals surface area contributed by atoms with E-state index in [4.69, 9.17) is 4.74 Å². The van der Waals surface area contributed by atoms with Crippen molar-refractivity contribution < 1.29 is 39.7 Å². The molecule has 0 saturated heterocycles. The van der Waals surface area contributed by atoms with Crippen LogP contribution in [0, 0.1) is 29.1 Å². The highest BCUT2D eigenvalue weighted by atomic mass is 32.2. The van der Waals surface area contributed by atoms with Crippen LogP contribution in [0.2, 0.25) is 0 Å². The highest BCUT2D eigenvalue weighted by Gasteiger charge is 2.29. The van der Waals surface area contributed by atoms with Crippen molar-refractivity contribution in [3.8, 4) is 5.75 Å². The van der Waals surface area contributed by atoms with Crippen LogP contribution in [-0.2, 0) is 21.0 Å². The summed E-state index contributed by atoms with van der Waals surface area (Å²) in [7, 11) is -4.17. The normalized spacial score (nSPS) is 11.1. The fourth-order valence-electron chi connectivity index (χ4n) is 3.05. The molecule has 0 bridgehead atoms. The van der Waals surface area contributed by atoms with Crippen LogP contribution in [0.5, 0.6) is 5.75 Å². The summed E-state index contributed by atoms with van der Waals surface area (Å²) in [6.07, 6.45) is 0. The number of halogens is 5. The number of methoxy groups -OCH3 is 1. The second kappa shape index (κ2) is 11.5. The maximum atomic E-state index is 12.6. The molecule has 0 heterocycles. The van der Waals surface area contributed by atoms with Crippen LogP contribution in [0.1, 0.15) is 0 Å². The highest BCUT2D eigenvalue weighted by Crippen LogP contribution is 2.32. The van der Waals surface area contributed by atoms with Crippen LogP contribution in [0.4, 0.5) is 22.0 Å². The molecule has 188 valence electrons. The van der Waals surface area contributed by atoms with Gasteiger partial charge in [0.1, 0.15) is 20.8 Å². The first kappa shape index (κ1) is 27.2. The summed E-state index contributed by atoms with van der Waals surface area (Å²) in [4.78, 5) is 1.53. The van der Waals surface area contributed by atoms with Gasteiger partial charge in [0.25, 0.3) is 0 Å². The second-order valence-electron chi connectivity index (χ2n) is 6.96. The van der Waals surface area contributed by atoms with E-state index in [0.29, 0.717) is 0 Å². The van der Waals surface area contributed by atoms with E-state index in [1.54, 1.807) is 7.11 Å². The number of hydrogen-bond donors (Lipinski definition) is 0. The quantitative estimate of drug-likeness (QED) is 0.101. The Labute approximate surface area is 207 Å². The first-order valence-electron chi connectivity index (χ1n) is 10.0. The molecular formula is C25H17F5O4S2. The zero-order valence-corrected chi connectivity index (χ0v) is 20.1. The summed E-state index contributed by atoms with van der Waals surface area (Å²) in [6, 6.07) is 29.6. The van der Waals surface area contributed by atoms with Crippen LogP contribution in [-0.4, -0.2) is 20.1 Å². The van der Waals surface area contributed by atoms with Gasteiger partial charge in [0.05, 0.1) is 18.0 Å². The van der Waals surface area contributed by atoms with E-state index < -0.39 is 44.1 Å².